The Kier molecular flexibility index (Phi) is 9.05. The van der Waals surface area contributed by atoms with Gasteiger partial charge in [-0.25, -0.2) is 0 Å². The minimum absolute atomic E-state index is 0.273. The molecule has 4 heteroatoms. The molecule has 0 aromatic heterocycles. The zero-order valence-corrected chi connectivity index (χ0v) is 7.99. The summed E-state index contributed by atoms with van der Waals surface area (Å²) in [4.78, 5) is 0. The molecule has 0 amide bonds. The lowest BCUT2D eigenvalue weighted by Gasteiger charge is -2.16. The van der Waals surface area contributed by atoms with Gasteiger partial charge in [-0.05, 0) is 6.92 Å². The zero-order chi connectivity index (χ0) is 9.94. The number of hydrogen-bond donors (Lipinski definition) is 1. The Morgan fingerprint density at radius 3 is 2.77 bits per heavy atom. The molecular formula is C9H17NO3. The van der Waals surface area contributed by atoms with E-state index in [-0.39, 0.29) is 12.9 Å². The molecule has 0 aromatic carbocycles. The molecular weight excluding hydrogens is 170 g/mol. The Labute approximate surface area is 79.3 Å². The maximum Gasteiger partial charge on any atom is 0.180 e. The summed E-state index contributed by atoms with van der Waals surface area (Å²) in [6, 6.07) is 0. The summed E-state index contributed by atoms with van der Waals surface area (Å²) in [5.74, 6) is 2.36. The molecule has 0 saturated heterocycles. The van der Waals surface area contributed by atoms with E-state index in [1.807, 2.05) is 6.92 Å². The fourth-order valence-corrected chi connectivity index (χ4v) is 0.744. The van der Waals surface area contributed by atoms with Crippen molar-refractivity contribution in [2.45, 2.75) is 13.2 Å². The van der Waals surface area contributed by atoms with Gasteiger partial charge >= 0.3 is 0 Å². The Bertz CT molecular complexity index is 144. The van der Waals surface area contributed by atoms with Crippen LogP contribution in [0.4, 0.5) is 0 Å². The van der Waals surface area contributed by atoms with E-state index in [4.69, 9.17) is 26.4 Å². The van der Waals surface area contributed by atoms with Crippen molar-refractivity contribution in [1.82, 2.24) is 0 Å². The van der Waals surface area contributed by atoms with E-state index in [2.05, 4.69) is 5.92 Å². The summed E-state index contributed by atoms with van der Waals surface area (Å²) in [5.41, 5.74) is 5.27. The molecule has 0 fully saturated rings. The van der Waals surface area contributed by atoms with Crippen molar-refractivity contribution in [3.63, 3.8) is 0 Å². The third-order valence-electron chi connectivity index (χ3n) is 1.21. The van der Waals surface area contributed by atoms with Crippen LogP contribution in [-0.4, -0.2) is 39.3 Å². The minimum atomic E-state index is -0.359. The first-order chi connectivity index (χ1) is 6.35. The number of hydrogen-bond acceptors (Lipinski definition) is 4. The van der Waals surface area contributed by atoms with Crippen molar-refractivity contribution in [3.8, 4) is 12.3 Å². The SMILES string of the molecule is C#CCOCC(OCC)OCCN. The molecule has 76 valence electrons. The summed E-state index contributed by atoms with van der Waals surface area (Å²) in [6.45, 7) is 4.02. The Hall–Kier alpha value is -0.600. The van der Waals surface area contributed by atoms with Crippen molar-refractivity contribution in [3.05, 3.63) is 0 Å². The van der Waals surface area contributed by atoms with Crippen LogP contribution in [-0.2, 0) is 14.2 Å². The summed E-state index contributed by atoms with van der Waals surface area (Å²) in [5, 5.41) is 0. The lowest BCUT2D eigenvalue weighted by molar-refractivity contribution is -0.165. The molecule has 0 aliphatic rings. The number of nitrogens with two attached hydrogens (primary N) is 1. The molecule has 0 aliphatic heterocycles. The molecule has 0 saturated carbocycles. The lowest BCUT2D eigenvalue weighted by Crippen LogP contribution is -2.26. The Balaban J connectivity index is 3.48. The molecule has 4 nitrogen and oxygen atoms in total. The molecule has 0 radical (unpaired) electrons. The second-order valence-corrected chi connectivity index (χ2v) is 2.26. The highest BCUT2D eigenvalue weighted by atomic mass is 16.7. The van der Waals surface area contributed by atoms with Crippen LogP contribution in [0.2, 0.25) is 0 Å². The number of terminal acetylenes is 1. The van der Waals surface area contributed by atoms with Crippen LogP contribution in [0.1, 0.15) is 6.92 Å². The van der Waals surface area contributed by atoms with Gasteiger partial charge in [0.15, 0.2) is 6.29 Å². The average molecular weight is 187 g/mol. The van der Waals surface area contributed by atoms with Gasteiger partial charge < -0.3 is 19.9 Å². The van der Waals surface area contributed by atoms with E-state index < -0.39 is 0 Å². The highest BCUT2D eigenvalue weighted by Gasteiger charge is 2.07. The van der Waals surface area contributed by atoms with Crippen molar-refractivity contribution in [1.29, 1.82) is 0 Å². The quantitative estimate of drug-likeness (QED) is 0.329. The van der Waals surface area contributed by atoms with Gasteiger partial charge in [0.25, 0.3) is 0 Å². The van der Waals surface area contributed by atoms with Gasteiger partial charge in [-0.2, -0.15) is 0 Å². The van der Waals surface area contributed by atoms with E-state index in [0.29, 0.717) is 26.4 Å². The molecule has 0 bridgehead atoms. The van der Waals surface area contributed by atoms with Crippen LogP contribution in [0.15, 0.2) is 0 Å². The predicted octanol–water partition coefficient (Wildman–Crippen LogP) is -0.0259. The van der Waals surface area contributed by atoms with Crippen molar-refractivity contribution in [2.75, 3.05) is 33.0 Å². The molecule has 13 heavy (non-hydrogen) atoms. The summed E-state index contributed by atoms with van der Waals surface area (Å²) < 4.78 is 15.5. The monoisotopic (exact) mass is 187 g/mol. The second-order valence-electron chi connectivity index (χ2n) is 2.26. The molecule has 1 atom stereocenters. The van der Waals surface area contributed by atoms with Crippen LogP contribution >= 0.6 is 0 Å². The fourth-order valence-electron chi connectivity index (χ4n) is 0.744. The van der Waals surface area contributed by atoms with Crippen LogP contribution in [0.5, 0.6) is 0 Å². The summed E-state index contributed by atoms with van der Waals surface area (Å²) in [6.07, 6.45) is 4.65. The Morgan fingerprint density at radius 2 is 2.23 bits per heavy atom. The first-order valence-corrected chi connectivity index (χ1v) is 4.29. The molecule has 0 aromatic rings. The van der Waals surface area contributed by atoms with E-state index in [0.717, 1.165) is 0 Å². The summed E-state index contributed by atoms with van der Waals surface area (Å²) in [7, 11) is 0. The fraction of sp³-hybridized carbons (Fsp3) is 0.778. The maximum atomic E-state index is 5.27. The maximum absolute atomic E-state index is 5.27. The number of rotatable bonds is 8. The van der Waals surface area contributed by atoms with Gasteiger partial charge in [0.2, 0.25) is 0 Å². The molecule has 1 unspecified atom stereocenters. The predicted molar refractivity (Wildman–Crippen MR) is 50.1 cm³/mol. The van der Waals surface area contributed by atoms with Crippen LogP contribution in [0, 0.1) is 12.3 Å². The van der Waals surface area contributed by atoms with Gasteiger partial charge in [0.05, 0.1) is 13.2 Å². The van der Waals surface area contributed by atoms with Gasteiger partial charge in [0.1, 0.15) is 6.61 Å². The first kappa shape index (κ1) is 12.4. The standard InChI is InChI=1S/C9H17NO3/c1-3-6-11-8-9(12-4-2)13-7-5-10/h1,9H,4-8,10H2,2H3. The van der Waals surface area contributed by atoms with Crippen LogP contribution in [0.3, 0.4) is 0 Å². The van der Waals surface area contributed by atoms with Gasteiger partial charge in [0, 0.05) is 13.2 Å². The molecule has 2 N–H and O–H groups in total. The zero-order valence-electron chi connectivity index (χ0n) is 7.99. The molecule has 0 heterocycles. The van der Waals surface area contributed by atoms with Gasteiger partial charge in [-0.3, -0.25) is 0 Å². The average Bonchev–Trinajstić information content (AvgIpc) is 2.14. The summed E-state index contributed by atoms with van der Waals surface area (Å²) >= 11 is 0. The van der Waals surface area contributed by atoms with E-state index in [1.54, 1.807) is 0 Å². The third kappa shape index (κ3) is 7.75. The second kappa shape index (κ2) is 9.49. The number of ether oxygens (including phenoxy) is 3. The van der Waals surface area contributed by atoms with Crippen LogP contribution < -0.4 is 5.73 Å². The normalized spacial score (nSPS) is 12.4. The van der Waals surface area contributed by atoms with Crippen molar-refractivity contribution < 1.29 is 14.2 Å². The van der Waals surface area contributed by atoms with Gasteiger partial charge in [-0.15, -0.1) is 6.42 Å². The molecule has 0 aliphatic carbocycles. The van der Waals surface area contributed by atoms with E-state index in [9.17, 15) is 0 Å². The first-order valence-electron chi connectivity index (χ1n) is 4.29. The smallest absolute Gasteiger partial charge is 0.180 e. The largest absolute Gasteiger partial charge is 0.364 e. The van der Waals surface area contributed by atoms with E-state index in [1.165, 1.54) is 0 Å². The third-order valence-corrected chi connectivity index (χ3v) is 1.21. The van der Waals surface area contributed by atoms with Gasteiger partial charge in [-0.1, -0.05) is 5.92 Å². The van der Waals surface area contributed by atoms with E-state index >= 15 is 0 Å². The highest BCUT2D eigenvalue weighted by Crippen LogP contribution is 1.95. The molecule has 0 spiro atoms. The van der Waals surface area contributed by atoms with Crippen molar-refractivity contribution >= 4 is 0 Å². The molecule has 0 rings (SSSR count). The van der Waals surface area contributed by atoms with Crippen LogP contribution in [0.25, 0.3) is 0 Å². The lowest BCUT2D eigenvalue weighted by atomic mass is 10.6. The minimum Gasteiger partial charge on any atom is -0.364 e. The topological polar surface area (TPSA) is 53.7 Å². The Morgan fingerprint density at radius 1 is 1.46 bits per heavy atom. The van der Waals surface area contributed by atoms with Crippen molar-refractivity contribution in [2.24, 2.45) is 5.73 Å². The highest BCUT2D eigenvalue weighted by molar-refractivity contribution is 4.82.